The molecule has 2 aliphatic rings. The van der Waals surface area contributed by atoms with Crippen molar-refractivity contribution >= 4 is 11.4 Å². The Kier molecular flexibility index (Phi) is 3.86. The minimum Gasteiger partial charge on any atom is -0.307 e. The maximum absolute atomic E-state index is 13.1. The molecule has 4 heteroatoms. The van der Waals surface area contributed by atoms with Crippen LogP contribution >= 0.6 is 0 Å². The van der Waals surface area contributed by atoms with E-state index < -0.39 is 0 Å². The van der Waals surface area contributed by atoms with Crippen LogP contribution in [0.3, 0.4) is 0 Å². The number of aromatic nitrogens is 2. The molecule has 1 aromatic carbocycles. The predicted octanol–water partition coefficient (Wildman–Crippen LogP) is 3.96. The number of benzene rings is 1. The molecular weight excluding hydrogens is 322 g/mol. The molecule has 3 aromatic rings. The summed E-state index contributed by atoms with van der Waals surface area (Å²) in [6.45, 7) is 1.01. The van der Waals surface area contributed by atoms with Gasteiger partial charge in [-0.25, -0.2) is 4.98 Å². The van der Waals surface area contributed by atoms with Crippen LogP contribution in [0.4, 0.5) is 0 Å². The number of piperidine rings is 1. The smallest absolute Gasteiger partial charge is 0.166 e. The molecule has 0 N–H and O–H groups in total. The van der Waals surface area contributed by atoms with Crippen LogP contribution in [0.5, 0.6) is 0 Å². The number of hydrogen-bond donors (Lipinski definition) is 0. The highest BCUT2D eigenvalue weighted by molar-refractivity contribution is 5.98. The fraction of sp³-hybridized carbons (Fsp3) is 0.364. The maximum Gasteiger partial charge on any atom is 0.166 e. The lowest BCUT2D eigenvalue weighted by atomic mass is 9.84. The van der Waals surface area contributed by atoms with E-state index in [0.717, 1.165) is 30.6 Å². The maximum atomic E-state index is 13.1. The number of Topliss-reactive ketones (excluding diaryl/α,β-unsaturated/α-hetero) is 1. The topological polar surface area (TPSA) is 37.6 Å². The van der Waals surface area contributed by atoms with Crippen LogP contribution in [-0.4, -0.2) is 32.2 Å². The molecule has 2 saturated heterocycles. The van der Waals surface area contributed by atoms with Crippen molar-refractivity contribution in [2.24, 2.45) is 5.92 Å². The van der Waals surface area contributed by atoms with E-state index in [2.05, 4.69) is 40.2 Å². The molecule has 2 bridgehead atoms. The van der Waals surface area contributed by atoms with E-state index in [1.54, 1.807) is 6.20 Å². The van der Waals surface area contributed by atoms with Crippen LogP contribution in [0.25, 0.3) is 5.65 Å². The Labute approximate surface area is 153 Å². The summed E-state index contributed by atoms with van der Waals surface area (Å²) < 4.78 is 1.95. The van der Waals surface area contributed by atoms with Crippen molar-refractivity contribution in [3.8, 4) is 0 Å². The summed E-state index contributed by atoms with van der Waals surface area (Å²) >= 11 is 0. The van der Waals surface area contributed by atoms with Gasteiger partial charge >= 0.3 is 0 Å². The number of pyridine rings is 1. The second-order valence-corrected chi connectivity index (χ2v) is 7.68. The Morgan fingerprint density at radius 3 is 2.58 bits per heavy atom. The second-order valence-electron chi connectivity index (χ2n) is 7.68. The van der Waals surface area contributed by atoms with Crippen LogP contribution in [0.2, 0.25) is 0 Å². The Morgan fingerprint density at radius 1 is 1.04 bits per heavy atom. The fourth-order valence-electron chi connectivity index (χ4n) is 4.84. The van der Waals surface area contributed by atoms with Gasteiger partial charge in [-0.3, -0.25) is 9.69 Å². The van der Waals surface area contributed by atoms with Gasteiger partial charge in [0.15, 0.2) is 5.78 Å². The molecule has 2 unspecified atom stereocenters. The van der Waals surface area contributed by atoms with Gasteiger partial charge in [-0.1, -0.05) is 30.3 Å². The van der Waals surface area contributed by atoms with Crippen LogP contribution < -0.4 is 0 Å². The van der Waals surface area contributed by atoms with Gasteiger partial charge in [-0.05, 0) is 43.4 Å². The van der Waals surface area contributed by atoms with Crippen molar-refractivity contribution in [3.05, 3.63) is 72.2 Å². The molecule has 5 rings (SSSR count). The third-order valence-electron chi connectivity index (χ3n) is 6.15. The summed E-state index contributed by atoms with van der Waals surface area (Å²) in [5, 5.41) is 0. The molecule has 2 aliphatic heterocycles. The lowest BCUT2D eigenvalue weighted by Gasteiger charge is -2.38. The third-order valence-corrected chi connectivity index (χ3v) is 6.15. The van der Waals surface area contributed by atoms with Crippen molar-refractivity contribution in [3.63, 3.8) is 0 Å². The first kappa shape index (κ1) is 15.8. The van der Waals surface area contributed by atoms with Gasteiger partial charge in [0.2, 0.25) is 0 Å². The SMILES string of the molecule is O=C(c1ccn2ccnc2c1)C1CC2CCC(C1)N2Cc1ccccc1. The highest BCUT2D eigenvalue weighted by Gasteiger charge is 2.42. The molecule has 0 aliphatic carbocycles. The molecule has 26 heavy (non-hydrogen) atoms. The molecule has 2 atom stereocenters. The molecule has 0 radical (unpaired) electrons. The van der Waals surface area contributed by atoms with E-state index >= 15 is 0 Å². The molecule has 132 valence electrons. The average molecular weight is 345 g/mol. The van der Waals surface area contributed by atoms with Gasteiger partial charge in [0.1, 0.15) is 5.65 Å². The minimum atomic E-state index is 0.150. The Bertz CT molecular complexity index is 919. The molecule has 4 nitrogen and oxygen atoms in total. The lowest BCUT2D eigenvalue weighted by molar-refractivity contribution is 0.0678. The van der Waals surface area contributed by atoms with Crippen LogP contribution in [0, 0.1) is 5.92 Å². The predicted molar refractivity (Wildman–Crippen MR) is 101 cm³/mol. The van der Waals surface area contributed by atoms with Crippen LogP contribution in [-0.2, 0) is 6.54 Å². The Hall–Kier alpha value is -2.46. The number of carbonyl (C=O) groups excluding carboxylic acids is 1. The molecule has 2 aromatic heterocycles. The summed E-state index contributed by atoms with van der Waals surface area (Å²) in [4.78, 5) is 20.0. The number of imidazole rings is 1. The zero-order chi connectivity index (χ0) is 17.5. The van der Waals surface area contributed by atoms with Crippen LogP contribution in [0.1, 0.15) is 41.6 Å². The summed E-state index contributed by atoms with van der Waals surface area (Å²) in [6, 6.07) is 15.7. The molecule has 0 amide bonds. The number of hydrogen-bond acceptors (Lipinski definition) is 3. The summed E-state index contributed by atoms with van der Waals surface area (Å²) in [5.74, 6) is 0.448. The summed E-state index contributed by atoms with van der Waals surface area (Å²) in [5.41, 5.74) is 3.03. The number of fused-ring (bicyclic) bond motifs is 3. The van der Waals surface area contributed by atoms with E-state index in [4.69, 9.17) is 0 Å². The van der Waals surface area contributed by atoms with E-state index in [1.165, 1.54) is 18.4 Å². The van der Waals surface area contributed by atoms with Crippen molar-refractivity contribution in [1.29, 1.82) is 0 Å². The van der Waals surface area contributed by atoms with Gasteiger partial charge in [0, 0.05) is 48.7 Å². The second kappa shape index (κ2) is 6.36. The van der Waals surface area contributed by atoms with E-state index in [-0.39, 0.29) is 5.92 Å². The van der Waals surface area contributed by atoms with E-state index in [0.29, 0.717) is 17.9 Å². The normalized spacial score (nSPS) is 25.6. The lowest BCUT2D eigenvalue weighted by Crippen LogP contribution is -2.44. The van der Waals surface area contributed by atoms with E-state index in [1.807, 2.05) is 28.9 Å². The number of ketones is 1. The van der Waals surface area contributed by atoms with Crippen molar-refractivity contribution in [1.82, 2.24) is 14.3 Å². The largest absolute Gasteiger partial charge is 0.307 e. The van der Waals surface area contributed by atoms with Gasteiger partial charge < -0.3 is 4.40 Å². The van der Waals surface area contributed by atoms with Crippen molar-refractivity contribution in [2.45, 2.75) is 44.3 Å². The minimum absolute atomic E-state index is 0.150. The first-order chi connectivity index (χ1) is 12.8. The van der Waals surface area contributed by atoms with Gasteiger partial charge in [-0.15, -0.1) is 0 Å². The first-order valence-electron chi connectivity index (χ1n) is 9.54. The monoisotopic (exact) mass is 345 g/mol. The van der Waals surface area contributed by atoms with Crippen LogP contribution in [0.15, 0.2) is 61.1 Å². The summed E-state index contributed by atoms with van der Waals surface area (Å²) in [7, 11) is 0. The molecule has 2 fully saturated rings. The molecule has 4 heterocycles. The first-order valence-corrected chi connectivity index (χ1v) is 9.54. The Balaban J connectivity index is 1.33. The van der Waals surface area contributed by atoms with Gasteiger partial charge in [0.25, 0.3) is 0 Å². The summed E-state index contributed by atoms with van der Waals surface area (Å²) in [6.07, 6.45) is 10.0. The highest BCUT2D eigenvalue weighted by atomic mass is 16.1. The third kappa shape index (κ3) is 2.74. The standard InChI is InChI=1S/C22H23N3O/c26-22(17-8-10-24-11-9-23-21(24)14-17)18-12-19-6-7-20(13-18)25(19)15-16-4-2-1-3-5-16/h1-5,8-11,14,18-20H,6-7,12-13,15H2. The highest BCUT2D eigenvalue weighted by Crippen LogP contribution is 2.40. The average Bonchev–Trinajstić information content (AvgIpc) is 3.22. The van der Waals surface area contributed by atoms with Gasteiger partial charge in [0.05, 0.1) is 0 Å². The number of nitrogens with zero attached hydrogens (tertiary/aromatic N) is 3. The van der Waals surface area contributed by atoms with Crippen molar-refractivity contribution in [2.75, 3.05) is 0 Å². The zero-order valence-corrected chi connectivity index (χ0v) is 14.8. The quantitative estimate of drug-likeness (QED) is 0.672. The molecule has 0 saturated carbocycles. The number of carbonyl (C=O) groups is 1. The number of rotatable bonds is 4. The van der Waals surface area contributed by atoms with E-state index in [9.17, 15) is 4.79 Å². The molecule has 0 spiro atoms. The Morgan fingerprint density at radius 2 is 1.81 bits per heavy atom. The molecular formula is C22H23N3O. The fourth-order valence-corrected chi connectivity index (χ4v) is 4.84. The van der Waals surface area contributed by atoms with Crippen molar-refractivity contribution < 1.29 is 4.79 Å². The van der Waals surface area contributed by atoms with Gasteiger partial charge in [-0.2, -0.15) is 0 Å². The zero-order valence-electron chi connectivity index (χ0n) is 14.8.